The molecule has 0 spiro atoms. The van der Waals surface area contributed by atoms with Gasteiger partial charge in [-0.3, -0.25) is 0 Å². The largest absolute Gasteiger partial charge is 0.368 e. The molecule has 0 fully saturated rings. The van der Waals surface area contributed by atoms with E-state index in [1.165, 1.54) is 0 Å². The minimum Gasteiger partial charge on any atom is -0.368 e. The van der Waals surface area contributed by atoms with E-state index in [-0.39, 0.29) is 11.7 Å². The average Bonchev–Trinajstić information content (AvgIpc) is 2.02. The second kappa shape index (κ2) is 4.33. The van der Waals surface area contributed by atoms with Gasteiger partial charge in [-0.05, 0) is 33.8 Å². The Hall–Kier alpha value is -0.530. The number of ether oxygens (including phenoxy) is 1. The highest BCUT2D eigenvalue weighted by Gasteiger charge is 2.24. The van der Waals surface area contributed by atoms with Crippen molar-refractivity contribution in [3.05, 3.63) is 34.9 Å². The molecule has 14 heavy (non-hydrogen) atoms. The summed E-state index contributed by atoms with van der Waals surface area (Å²) in [5.41, 5.74) is 0.711. The SMILES string of the molecule is CC(C)OC(C)(C)c1ccccc1Cl. The third-order valence-corrected chi connectivity index (χ3v) is 2.38. The molecule has 0 aliphatic carbocycles. The predicted molar refractivity (Wildman–Crippen MR) is 60.7 cm³/mol. The number of halogens is 1. The van der Waals surface area contributed by atoms with Crippen molar-refractivity contribution >= 4 is 11.6 Å². The van der Waals surface area contributed by atoms with E-state index in [4.69, 9.17) is 16.3 Å². The van der Waals surface area contributed by atoms with Crippen LogP contribution in [0.2, 0.25) is 5.02 Å². The topological polar surface area (TPSA) is 9.23 Å². The fraction of sp³-hybridized carbons (Fsp3) is 0.500. The second-order valence-corrected chi connectivity index (χ2v) is 4.56. The van der Waals surface area contributed by atoms with E-state index in [0.29, 0.717) is 0 Å². The van der Waals surface area contributed by atoms with E-state index >= 15 is 0 Å². The quantitative estimate of drug-likeness (QED) is 0.736. The van der Waals surface area contributed by atoms with Gasteiger partial charge in [0.05, 0.1) is 11.7 Å². The van der Waals surface area contributed by atoms with Crippen LogP contribution < -0.4 is 0 Å². The molecule has 0 aliphatic heterocycles. The molecule has 0 saturated heterocycles. The standard InChI is InChI=1S/C12H17ClO/c1-9(2)14-12(3,4)10-7-5-6-8-11(10)13/h5-9H,1-4H3. The number of hydrogen-bond acceptors (Lipinski definition) is 1. The van der Waals surface area contributed by atoms with Crippen LogP contribution in [0.3, 0.4) is 0 Å². The van der Waals surface area contributed by atoms with Crippen LogP contribution in [0.15, 0.2) is 24.3 Å². The van der Waals surface area contributed by atoms with Gasteiger partial charge < -0.3 is 4.74 Å². The molecule has 1 rings (SSSR count). The highest BCUT2D eigenvalue weighted by atomic mass is 35.5. The van der Waals surface area contributed by atoms with Crippen LogP contribution in [0.5, 0.6) is 0 Å². The Kier molecular flexibility index (Phi) is 3.57. The lowest BCUT2D eigenvalue weighted by atomic mass is 9.98. The first-order chi connectivity index (χ1) is 6.43. The Labute approximate surface area is 91.0 Å². The van der Waals surface area contributed by atoms with E-state index in [2.05, 4.69) is 0 Å². The molecule has 0 heterocycles. The summed E-state index contributed by atoms with van der Waals surface area (Å²) in [6, 6.07) is 7.80. The molecule has 0 unspecified atom stereocenters. The van der Waals surface area contributed by atoms with E-state index in [0.717, 1.165) is 10.6 Å². The Morgan fingerprint density at radius 1 is 1.21 bits per heavy atom. The third-order valence-electron chi connectivity index (χ3n) is 2.05. The van der Waals surface area contributed by atoms with Crippen molar-refractivity contribution in [2.75, 3.05) is 0 Å². The monoisotopic (exact) mass is 212 g/mol. The minimum atomic E-state index is -0.327. The Morgan fingerprint density at radius 2 is 1.79 bits per heavy atom. The molecule has 0 saturated carbocycles. The van der Waals surface area contributed by atoms with Crippen molar-refractivity contribution in [3.63, 3.8) is 0 Å². The first-order valence-electron chi connectivity index (χ1n) is 4.86. The maximum Gasteiger partial charge on any atom is 0.0893 e. The summed E-state index contributed by atoms with van der Waals surface area (Å²) in [6.45, 7) is 8.12. The zero-order valence-corrected chi connectivity index (χ0v) is 9.93. The van der Waals surface area contributed by atoms with Crippen LogP contribution in [0.4, 0.5) is 0 Å². The molecule has 1 nitrogen and oxygen atoms in total. The Balaban J connectivity index is 2.97. The summed E-state index contributed by atoms with van der Waals surface area (Å²) >= 11 is 6.11. The lowest BCUT2D eigenvalue weighted by Gasteiger charge is -2.29. The first-order valence-corrected chi connectivity index (χ1v) is 5.24. The molecular formula is C12H17ClO. The van der Waals surface area contributed by atoms with Crippen LogP contribution in [-0.2, 0) is 10.3 Å². The molecule has 0 amide bonds. The summed E-state index contributed by atoms with van der Waals surface area (Å²) < 4.78 is 5.82. The van der Waals surface area contributed by atoms with Crippen LogP contribution in [-0.4, -0.2) is 6.10 Å². The van der Waals surface area contributed by atoms with E-state index in [1.807, 2.05) is 52.0 Å². The lowest BCUT2D eigenvalue weighted by Crippen LogP contribution is -2.25. The lowest BCUT2D eigenvalue weighted by molar-refractivity contribution is -0.0599. The highest BCUT2D eigenvalue weighted by molar-refractivity contribution is 6.31. The van der Waals surface area contributed by atoms with Crippen molar-refractivity contribution < 1.29 is 4.74 Å². The van der Waals surface area contributed by atoms with E-state index in [9.17, 15) is 0 Å². The smallest absolute Gasteiger partial charge is 0.0893 e. The zero-order chi connectivity index (χ0) is 10.8. The van der Waals surface area contributed by atoms with Crippen molar-refractivity contribution in [2.45, 2.75) is 39.4 Å². The van der Waals surface area contributed by atoms with Gasteiger partial charge in [0.25, 0.3) is 0 Å². The van der Waals surface area contributed by atoms with Gasteiger partial charge >= 0.3 is 0 Å². The molecule has 0 N–H and O–H groups in total. The molecule has 0 atom stereocenters. The molecule has 78 valence electrons. The van der Waals surface area contributed by atoms with Gasteiger partial charge in [-0.15, -0.1) is 0 Å². The molecular weight excluding hydrogens is 196 g/mol. The van der Waals surface area contributed by atoms with E-state index in [1.54, 1.807) is 0 Å². The summed E-state index contributed by atoms with van der Waals surface area (Å²) in [6.07, 6.45) is 0.196. The molecule has 1 aromatic carbocycles. The van der Waals surface area contributed by atoms with Crippen LogP contribution in [0.25, 0.3) is 0 Å². The number of rotatable bonds is 3. The molecule has 1 aromatic rings. The van der Waals surface area contributed by atoms with Gasteiger partial charge in [0.15, 0.2) is 0 Å². The Morgan fingerprint density at radius 3 is 2.29 bits per heavy atom. The van der Waals surface area contributed by atoms with Crippen LogP contribution in [0.1, 0.15) is 33.3 Å². The first kappa shape index (κ1) is 11.5. The summed E-state index contributed by atoms with van der Waals surface area (Å²) in [7, 11) is 0. The molecule has 0 aromatic heterocycles. The maximum atomic E-state index is 6.11. The van der Waals surface area contributed by atoms with Crippen LogP contribution >= 0.6 is 11.6 Å². The van der Waals surface area contributed by atoms with Gasteiger partial charge in [0.1, 0.15) is 0 Å². The van der Waals surface area contributed by atoms with Gasteiger partial charge in [-0.25, -0.2) is 0 Å². The van der Waals surface area contributed by atoms with Gasteiger partial charge in [0.2, 0.25) is 0 Å². The summed E-state index contributed by atoms with van der Waals surface area (Å²) in [5.74, 6) is 0. The number of hydrogen-bond donors (Lipinski definition) is 0. The fourth-order valence-electron chi connectivity index (χ4n) is 1.60. The van der Waals surface area contributed by atoms with Gasteiger partial charge in [0, 0.05) is 10.6 Å². The fourth-order valence-corrected chi connectivity index (χ4v) is 1.97. The van der Waals surface area contributed by atoms with Crippen molar-refractivity contribution in [3.8, 4) is 0 Å². The Bertz CT molecular complexity index is 305. The average molecular weight is 213 g/mol. The zero-order valence-electron chi connectivity index (χ0n) is 9.17. The molecule has 0 bridgehead atoms. The molecule has 0 aliphatic rings. The van der Waals surface area contributed by atoms with Crippen molar-refractivity contribution in [1.29, 1.82) is 0 Å². The summed E-state index contributed by atoms with van der Waals surface area (Å²) in [4.78, 5) is 0. The third kappa shape index (κ3) is 2.73. The van der Waals surface area contributed by atoms with Crippen LogP contribution in [0, 0.1) is 0 Å². The van der Waals surface area contributed by atoms with Crippen molar-refractivity contribution in [2.24, 2.45) is 0 Å². The van der Waals surface area contributed by atoms with Crippen molar-refractivity contribution in [1.82, 2.24) is 0 Å². The molecule has 2 heteroatoms. The van der Waals surface area contributed by atoms with Gasteiger partial charge in [-0.2, -0.15) is 0 Å². The molecule has 0 radical (unpaired) electrons. The highest BCUT2D eigenvalue weighted by Crippen LogP contribution is 2.31. The van der Waals surface area contributed by atoms with Gasteiger partial charge in [-0.1, -0.05) is 29.8 Å². The minimum absolute atomic E-state index is 0.196. The maximum absolute atomic E-state index is 6.11. The number of benzene rings is 1. The summed E-state index contributed by atoms with van der Waals surface area (Å²) in [5, 5.41) is 0.762. The van der Waals surface area contributed by atoms with E-state index < -0.39 is 0 Å². The normalized spacial score (nSPS) is 12.1. The predicted octanol–water partition coefficient (Wildman–Crippen LogP) is 4.00. The second-order valence-electron chi connectivity index (χ2n) is 4.16.